The number of aromatic nitrogens is 2. The summed E-state index contributed by atoms with van der Waals surface area (Å²) in [5.41, 5.74) is 2.97. The summed E-state index contributed by atoms with van der Waals surface area (Å²) < 4.78 is 19.8. The molecule has 3 rings (SSSR count). The monoisotopic (exact) mass is 325 g/mol. The highest BCUT2D eigenvalue weighted by Crippen LogP contribution is 2.32. The first-order valence-electron chi connectivity index (χ1n) is 7.46. The second kappa shape index (κ2) is 6.62. The van der Waals surface area contributed by atoms with E-state index in [0.717, 1.165) is 5.56 Å². The van der Waals surface area contributed by atoms with Gasteiger partial charge in [-0.15, -0.1) is 0 Å². The van der Waals surface area contributed by atoms with Crippen LogP contribution < -0.4 is 5.56 Å². The SMILES string of the molecule is CC=NC1=C(/C=C/F)OCc2c1cc(C)c(=O)n2-c1cccnc1. The van der Waals surface area contributed by atoms with Crippen molar-refractivity contribution in [3.8, 4) is 5.69 Å². The van der Waals surface area contributed by atoms with Crippen LogP contribution in [0.25, 0.3) is 11.4 Å². The molecule has 0 bridgehead atoms. The van der Waals surface area contributed by atoms with Gasteiger partial charge in [-0.2, -0.15) is 0 Å². The maximum Gasteiger partial charge on any atom is 0.258 e. The molecule has 0 aromatic carbocycles. The molecule has 0 fully saturated rings. The molecule has 5 nitrogen and oxygen atoms in total. The smallest absolute Gasteiger partial charge is 0.258 e. The lowest BCUT2D eigenvalue weighted by Crippen LogP contribution is -2.27. The molecule has 2 aromatic rings. The highest BCUT2D eigenvalue weighted by atomic mass is 19.1. The fourth-order valence-corrected chi connectivity index (χ4v) is 2.68. The number of halogens is 1. The minimum atomic E-state index is -0.144. The number of aryl methyl sites for hydroxylation is 1. The summed E-state index contributed by atoms with van der Waals surface area (Å²) in [6.07, 6.45) is 6.50. The van der Waals surface area contributed by atoms with E-state index >= 15 is 0 Å². The quantitative estimate of drug-likeness (QED) is 0.814. The van der Waals surface area contributed by atoms with Crippen molar-refractivity contribution in [1.29, 1.82) is 0 Å². The lowest BCUT2D eigenvalue weighted by molar-refractivity contribution is 0.200. The Labute approximate surface area is 138 Å². The second-order valence-electron chi connectivity index (χ2n) is 5.22. The van der Waals surface area contributed by atoms with Gasteiger partial charge in [0.2, 0.25) is 0 Å². The molecule has 0 saturated heterocycles. The predicted octanol–water partition coefficient (Wildman–Crippen LogP) is 3.31. The van der Waals surface area contributed by atoms with E-state index < -0.39 is 0 Å². The number of fused-ring (bicyclic) bond motifs is 1. The Morgan fingerprint density at radius 3 is 2.96 bits per heavy atom. The molecule has 122 valence electrons. The lowest BCUT2D eigenvalue weighted by atomic mass is 10.0. The maximum absolute atomic E-state index is 12.7. The van der Waals surface area contributed by atoms with E-state index in [1.54, 1.807) is 55.2 Å². The first-order chi connectivity index (χ1) is 11.7. The van der Waals surface area contributed by atoms with Gasteiger partial charge in [0.05, 0.1) is 23.9 Å². The van der Waals surface area contributed by atoms with Gasteiger partial charge in [-0.3, -0.25) is 19.3 Å². The van der Waals surface area contributed by atoms with Gasteiger partial charge in [0.25, 0.3) is 5.56 Å². The fourth-order valence-electron chi connectivity index (χ4n) is 2.68. The van der Waals surface area contributed by atoms with Gasteiger partial charge in [0, 0.05) is 29.6 Å². The molecule has 2 aromatic heterocycles. The van der Waals surface area contributed by atoms with Crippen molar-refractivity contribution in [3.63, 3.8) is 0 Å². The summed E-state index contributed by atoms with van der Waals surface area (Å²) >= 11 is 0. The minimum Gasteiger partial charge on any atom is -0.485 e. The van der Waals surface area contributed by atoms with Crippen LogP contribution in [0.5, 0.6) is 0 Å². The summed E-state index contributed by atoms with van der Waals surface area (Å²) in [5.74, 6) is 0.332. The summed E-state index contributed by atoms with van der Waals surface area (Å²) in [6, 6.07) is 5.33. The molecule has 1 aliphatic heterocycles. The molecular formula is C18H16FN3O2. The van der Waals surface area contributed by atoms with Gasteiger partial charge < -0.3 is 4.74 Å². The molecule has 0 atom stereocenters. The average molecular weight is 325 g/mol. The van der Waals surface area contributed by atoms with Crippen molar-refractivity contribution < 1.29 is 9.13 Å². The molecule has 24 heavy (non-hydrogen) atoms. The van der Waals surface area contributed by atoms with Crippen LogP contribution in [0.2, 0.25) is 0 Å². The standard InChI is InChI=1S/C18H16FN3O2/c1-3-21-17-14-9-12(2)18(23)22(13-5-4-8-20-10-13)15(14)11-24-16(17)6-7-19/h3-10H,11H2,1-2H3/b7-6+,21-3?. The second-order valence-corrected chi connectivity index (χ2v) is 5.22. The number of rotatable bonds is 3. The average Bonchev–Trinajstić information content (AvgIpc) is 2.59. The van der Waals surface area contributed by atoms with Crippen LogP contribution in [0.15, 0.2) is 58.5 Å². The van der Waals surface area contributed by atoms with E-state index in [9.17, 15) is 9.18 Å². The zero-order valence-electron chi connectivity index (χ0n) is 13.4. The van der Waals surface area contributed by atoms with Crippen LogP contribution in [0, 0.1) is 6.92 Å². The third-order valence-electron chi connectivity index (χ3n) is 3.71. The molecule has 0 amide bonds. The molecule has 0 unspecified atom stereocenters. The lowest BCUT2D eigenvalue weighted by Gasteiger charge is -2.24. The zero-order chi connectivity index (χ0) is 17.1. The molecular weight excluding hydrogens is 309 g/mol. The summed E-state index contributed by atoms with van der Waals surface area (Å²) in [5, 5.41) is 0. The van der Waals surface area contributed by atoms with Gasteiger partial charge in [-0.1, -0.05) is 0 Å². The highest BCUT2D eigenvalue weighted by Gasteiger charge is 2.24. The Balaban J connectivity index is 2.35. The molecule has 0 aliphatic carbocycles. The first kappa shape index (κ1) is 15.9. The van der Waals surface area contributed by atoms with E-state index in [2.05, 4.69) is 9.98 Å². The van der Waals surface area contributed by atoms with Crippen molar-refractivity contribution in [3.05, 3.63) is 75.9 Å². The molecule has 0 N–H and O–H groups in total. The Morgan fingerprint density at radius 1 is 1.46 bits per heavy atom. The molecule has 1 aliphatic rings. The molecule has 0 spiro atoms. The Hall–Kier alpha value is -3.02. The normalized spacial score (nSPS) is 14.3. The summed E-state index contributed by atoms with van der Waals surface area (Å²) in [7, 11) is 0. The topological polar surface area (TPSA) is 56.5 Å². The number of aliphatic imine (C=N–C) groups is 1. The molecule has 0 saturated carbocycles. The van der Waals surface area contributed by atoms with Crippen LogP contribution >= 0.6 is 0 Å². The van der Waals surface area contributed by atoms with Crippen LogP contribution in [0.1, 0.15) is 23.7 Å². The highest BCUT2D eigenvalue weighted by molar-refractivity contribution is 5.77. The summed E-state index contributed by atoms with van der Waals surface area (Å²) in [6.45, 7) is 3.65. The Morgan fingerprint density at radius 2 is 2.29 bits per heavy atom. The number of hydrogen-bond acceptors (Lipinski definition) is 4. The van der Waals surface area contributed by atoms with Gasteiger partial charge in [0.1, 0.15) is 18.1 Å². The van der Waals surface area contributed by atoms with E-state index in [1.165, 1.54) is 6.08 Å². The molecule has 3 heterocycles. The molecule has 6 heteroatoms. The van der Waals surface area contributed by atoms with Crippen molar-refractivity contribution in [2.75, 3.05) is 0 Å². The van der Waals surface area contributed by atoms with E-state index in [4.69, 9.17) is 4.74 Å². The largest absolute Gasteiger partial charge is 0.485 e. The van der Waals surface area contributed by atoms with Gasteiger partial charge in [0.15, 0.2) is 0 Å². The maximum atomic E-state index is 12.7. The Kier molecular flexibility index (Phi) is 4.37. The fraction of sp³-hybridized carbons (Fsp3) is 0.167. The summed E-state index contributed by atoms with van der Waals surface area (Å²) in [4.78, 5) is 21.1. The van der Waals surface area contributed by atoms with Gasteiger partial charge in [-0.25, -0.2) is 4.39 Å². The number of pyridine rings is 2. The van der Waals surface area contributed by atoms with Crippen LogP contribution in [0.4, 0.5) is 4.39 Å². The number of hydrogen-bond donors (Lipinski definition) is 0. The molecule has 0 radical (unpaired) electrons. The van der Waals surface area contributed by atoms with Crippen LogP contribution in [0.3, 0.4) is 0 Å². The van der Waals surface area contributed by atoms with E-state index in [0.29, 0.717) is 34.7 Å². The van der Waals surface area contributed by atoms with Crippen molar-refractivity contribution >= 4 is 11.9 Å². The van der Waals surface area contributed by atoms with Crippen molar-refractivity contribution in [2.45, 2.75) is 20.5 Å². The third kappa shape index (κ3) is 2.67. The van der Waals surface area contributed by atoms with E-state index in [-0.39, 0.29) is 12.2 Å². The number of allylic oxidation sites excluding steroid dienone is 1. The van der Waals surface area contributed by atoms with E-state index in [1.807, 2.05) is 0 Å². The van der Waals surface area contributed by atoms with Gasteiger partial charge in [-0.05, 0) is 32.0 Å². The zero-order valence-corrected chi connectivity index (χ0v) is 13.4. The van der Waals surface area contributed by atoms with Gasteiger partial charge >= 0.3 is 0 Å². The first-order valence-corrected chi connectivity index (χ1v) is 7.46. The van der Waals surface area contributed by atoms with Crippen LogP contribution in [-0.4, -0.2) is 15.8 Å². The van der Waals surface area contributed by atoms with Crippen molar-refractivity contribution in [1.82, 2.24) is 9.55 Å². The van der Waals surface area contributed by atoms with Crippen LogP contribution in [-0.2, 0) is 11.3 Å². The number of ether oxygens (including phenoxy) is 1. The Bertz CT molecular complexity index is 912. The van der Waals surface area contributed by atoms with Crippen molar-refractivity contribution in [2.24, 2.45) is 4.99 Å². The minimum absolute atomic E-state index is 0.141. The number of nitrogens with zero attached hydrogens (tertiary/aromatic N) is 3. The third-order valence-corrected chi connectivity index (χ3v) is 3.71. The predicted molar refractivity (Wildman–Crippen MR) is 90.7 cm³/mol.